The summed E-state index contributed by atoms with van der Waals surface area (Å²) in [6.45, 7) is 11.9. The monoisotopic (exact) mass is 1370 g/mol. The van der Waals surface area contributed by atoms with E-state index < -0.39 is 234 Å². The Morgan fingerprint density at radius 2 is 0.705 bits per heavy atom. The highest BCUT2D eigenvalue weighted by atomic mass is 16.8. The number of carbonyl (C=O) groups excluding carboxylic acids is 6. The van der Waals surface area contributed by atoms with E-state index in [2.05, 4.69) is 0 Å². The predicted octanol–water partition coefficient (Wildman–Crippen LogP) is -2.93. The van der Waals surface area contributed by atoms with Gasteiger partial charge in [0.05, 0.1) is 51.8 Å². The van der Waals surface area contributed by atoms with E-state index in [0.29, 0.717) is 31.3 Å². The molecule has 34 nitrogen and oxygen atoms in total. The first kappa shape index (κ1) is 79.1. The number of hydrogen-bond acceptors (Lipinski definition) is 34. The maximum atomic E-state index is 12.4. The molecule has 6 heterocycles. The highest BCUT2D eigenvalue weighted by Gasteiger charge is 2.58. The van der Waals surface area contributed by atoms with Crippen molar-refractivity contribution in [3.05, 3.63) is 34.9 Å². The van der Waals surface area contributed by atoms with Crippen LogP contribution in [0.15, 0.2) is 34.9 Å². The first-order valence-corrected chi connectivity index (χ1v) is 31.2. The second-order valence-corrected chi connectivity index (χ2v) is 24.1. The largest absolute Gasteiger partial charge is 0.457 e. The van der Waals surface area contributed by atoms with Gasteiger partial charge in [0.1, 0.15) is 85.5 Å². The van der Waals surface area contributed by atoms with Crippen LogP contribution in [-0.4, -0.2) is 299 Å². The van der Waals surface area contributed by atoms with Crippen molar-refractivity contribution in [3.8, 4) is 0 Å². The van der Waals surface area contributed by atoms with Crippen LogP contribution in [0.4, 0.5) is 0 Å². The second-order valence-electron chi connectivity index (χ2n) is 24.1. The number of allylic oxidation sites excluding steroid dienone is 4. The van der Waals surface area contributed by atoms with Crippen LogP contribution in [-0.2, 0) is 114 Å². The van der Waals surface area contributed by atoms with Gasteiger partial charge < -0.3 is 136 Å². The molecule has 6 saturated heterocycles. The molecule has 0 saturated carbocycles. The van der Waals surface area contributed by atoms with E-state index in [9.17, 15) is 79.8 Å². The smallest absolute Gasteiger partial charge is 0.303 e. The zero-order valence-corrected chi connectivity index (χ0v) is 54.7. The Bertz CT molecular complexity index is 2600. The maximum absolute atomic E-state index is 12.4. The Kier molecular flexibility index (Phi) is 30.7. The number of rotatable bonds is 28. The van der Waals surface area contributed by atoms with Crippen LogP contribution in [0.2, 0.25) is 0 Å². The molecule has 542 valence electrons. The van der Waals surface area contributed by atoms with E-state index in [-0.39, 0.29) is 13.2 Å². The third kappa shape index (κ3) is 21.8. The molecule has 0 amide bonds. The molecule has 95 heavy (non-hydrogen) atoms. The molecule has 0 radical (unpaired) electrons. The lowest BCUT2D eigenvalue weighted by Gasteiger charge is -2.49. The second kappa shape index (κ2) is 36.8. The number of esters is 6. The molecule has 6 aliphatic heterocycles. The topological polar surface area (TPSA) is 471 Å². The van der Waals surface area contributed by atoms with Crippen molar-refractivity contribution in [2.75, 3.05) is 39.6 Å². The molecule has 6 rings (SSSR count). The fourth-order valence-electron chi connectivity index (χ4n) is 11.4. The van der Waals surface area contributed by atoms with Crippen molar-refractivity contribution in [1.82, 2.24) is 0 Å². The van der Waals surface area contributed by atoms with Gasteiger partial charge in [-0.15, -0.1) is 0 Å². The number of carbonyl (C=O) groups is 6. The SMILES string of the molecule is CC(=O)OC1C(O)COC(OC2C(O)C(CO)OC(OC/C=C(\C)CC/C=C(\C)CC/C=C(\C)COC3OC(CO)C(O)C(OC4OCC(O)C(OC(C)=O)C4O)C3OC3OC(C)C(OC(C)=O)C(O)C3OC(C)=O)C2OC2OC(C)C(OC(C)=O)C(O)C2OC(C)=O)C1O. The van der Waals surface area contributed by atoms with E-state index >= 15 is 0 Å². The van der Waals surface area contributed by atoms with Crippen LogP contribution in [0.3, 0.4) is 0 Å². The number of hydrogen-bond donors (Lipinski definition) is 10. The molecule has 34 heteroatoms. The number of aliphatic hydroxyl groups excluding tert-OH is 10. The Hall–Kier alpha value is -4.84. The van der Waals surface area contributed by atoms with Crippen LogP contribution in [0.25, 0.3) is 0 Å². The Balaban J connectivity index is 1.13. The van der Waals surface area contributed by atoms with Gasteiger partial charge in [-0.3, -0.25) is 28.8 Å². The van der Waals surface area contributed by atoms with Crippen LogP contribution in [0, 0.1) is 0 Å². The van der Waals surface area contributed by atoms with Crippen molar-refractivity contribution < 1.29 is 165 Å². The van der Waals surface area contributed by atoms with Gasteiger partial charge in [0.15, 0.2) is 74.4 Å². The fraction of sp³-hybridized carbons (Fsp3) is 0.803. The van der Waals surface area contributed by atoms with E-state index in [4.69, 9.17) is 85.3 Å². The zero-order valence-electron chi connectivity index (χ0n) is 54.7. The molecular weight excluding hydrogens is 1280 g/mol. The average molecular weight is 1370 g/mol. The summed E-state index contributed by atoms with van der Waals surface area (Å²) < 4.78 is 104. The fourth-order valence-corrected chi connectivity index (χ4v) is 11.4. The number of aliphatic hydroxyl groups is 10. The molecule has 10 N–H and O–H groups in total. The molecule has 0 aromatic rings. The summed E-state index contributed by atoms with van der Waals surface area (Å²) >= 11 is 0. The first-order chi connectivity index (χ1) is 44.8. The first-order valence-electron chi connectivity index (χ1n) is 31.2. The van der Waals surface area contributed by atoms with E-state index in [1.807, 2.05) is 26.0 Å². The van der Waals surface area contributed by atoms with Crippen molar-refractivity contribution in [3.63, 3.8) is 0 Å². The molecule has 0 spiro atoms. The maximum Gasteiger partial charge on any atom is 0.303 e. The molecule has 6 aliphatic rings. The van der Waals surface area contributed by atoms with Gasteiger partial charge in [-0.05, 0) is 60.3 Å². The van der Waals surface area contributed by atoms with Gasteiger partial charge in [-0.25, -0.2) is 0 Å². The van der Waals surface area contributed by atoms with Gasteiger partial charge in [-0.1, -0.05) is 34.9 Å². The third-order valence-corrected chi connectivity index (χ3v) is 16.2. The van der Waals surface area contributed by atoms with Gasteiger partial charge >= 0.3 is 35.8 Å². The Morgan fingerprint density at radius 1 is 0.368 bits per heavy atom. The van der Waals surface area contributed by atoms with Gasteiger partial charge in [-0.2, -0.15) is 0 Å². The zero-order chi connectivity index (χ0) is 70.3. The van der Waals surface area contributed by atoms with E-state index in [1.165, 1.54) is 13.8 Å². The number of ether oxygens (including phenoxy) is 18. The van der Waals surface area contributed by atoms with Crippen LogP contribution < -0.4 is 0 Å². The Labute approximate surface area is 547 Å². The van der Waals surface area contributed by atoms with Crippen molar-refractivity contribution in [2.24, 2.45) is 0 Å². The lowest BCUT2D eigenvalue weighted by Crippen LogP contribution is -2.67. The molecular formula is C61H94O34. The summed E-state index contributed by atoms with van der Waals surface area (Å²) in [5.41, 5.74) is 2.52. The third-order valence-electron chi connectivity index (χ3n) is 16.2. The predicted molar refractivity (Wildman–Crippen MR) is 312 cm³/mol. The van der Waals surface area contributed by atoms with Crippen LogP contribution in [0.1, 0.15) is 102 Å². The Morgan fingerprint density at radius 3 is 1.08 bits per heavy atom. The van der Waals surface area contributed by atoms with Crippen molar-refractivity contribution in [1.29, 1.82) is 0 Å². The summed E-state index contributed by atoms with van der Waals surface area (Å²) in [6, 6.07) is 0. The highest BCUT2D eigenvalue weighted by molar-refractivity contribution is 5.68. The summed E-state index contributed by atoms with van der Waals surface area (Å²) in [5, 5.41) is 111. The minimum atomic E-state index is -1.84. The molecule has 0 bridgehead atoms. The molecule has 0 aliphatic carbocycles. The van der Waals surface area contributed by atoms with E-state index in [0.717, 1.165) is 52.7 Å². The molecule has 28 unspecified atom stereocenters. The molecule has 0 aromatic heterocycles. The van der Waals surface area contributed by atoms with Crippen LogP contribution in [0.5, 0.6) is 0 Å². The lowest BCUT2D eigenvalue weighted by molar-refractivity contribution is -0.385. The van der Waals surface area contributed by atoms with Gasteiger partial charge in [0, 0.05) is 41.5 Å². The quantitative estimate of drug-likeness (QED) is 0.0213. The minimum Gasteiger partial charge on any atom is -0.457 e. The minimum absolute atomic E-state index is 0.158. The summed E-state index contributed by atoms with van der Waals surface area (Å²) in [5.74, 6) is -5.03. The molecule has 6 fully saturated rings. The summed E-state index contributed by atoms with van der Waals surface area (Å²) in [6.07, 6.45) is -36.6. The summed E-state index contributed by atoms with van der Waals surface area (Å²) in [7, 11) is 0. The standard InChI is InChI=1S/C61H94O34/c1-25(15-13-17-27(3)22-79-59-55(95-61-53(89-35(11)69)43(75)47(29(5)83-61)85-31(7)65)51(41(73)39(21-63)91-59)93-57-45(77)49(87-33(9)67)37(71)24-81-57)14-12-16-26(2)18-19-78-58-54(94-60-52(88-34(10)68)42(74)46(28(4)82-60)84-30(6)64)50(40(72)38(20-62)90-58)92-56-44(76)48(86-32(8)66)36(70)23-80-56/h14,17-18,28-29,36-63,70-77H,12-13,15-16,19-24H2,1-11H3/b25-14+,26-18+,27-17+. The normalized spacial score (nSPS) is 39.7. The average Bonchev–Trinajstić information content (AvgIpc) is 0.779. The van der Waals surface area contributed by atoms with Crippen LogP contribution >= 0.6 is 0 Å². The van der Waals surface area contributed by atoms with Gasteiger partial charge in [0.2, 0.25) is 0 Å². The lowest BCUT2D eigenvalue weighted by atomic mass is 9.96. The summed E-state index contributed by atoms with van der Waals surface area (Å²) in [4.78, 5) is 72.7. The van der Waals surface area contributed by atoms with Gasteiger partial charge in [0.25, 0.3) is 0 Å². The van der Waals surface area contributed by atoms with E-state index in [1.54, 1.807) is 13.0 Å². The van der Waals surface area contributed by atoms with Crippen molar-refractivity contribution >= 4 is 35.8 Å². The van der Waals surface area contributed by atoms with Crippen molar-refractivity contribution in [2.45, 2.75) is 274 Å². The molecule has 0 aromatic carbocycles. The highest BCUT2D eigenvalue weighted by Crippen LogP contribution is 2.38. The molecule has 28 atom stereocenters.